The monoisotopic (exact) mass is 293 g/mol. The fourth-order valence-corrected chi connectivity index (χ4v) is 4.94. The van der Waals surface area contributed by atoms with Crippen molar-refractivity contribution in [1.29, 1.82) is 0 Å². The first kappa shape index (κ1) is 13.7. The van der Waals surface area contributed by atoms with Gasteiger partial charge in [0, 0.05) is 33.6 Å². The van der Waals surface area contributed by atoms with E-state index in [1.54, 1.807) is 7.11 Å². The molecule has 0 aliphatic carbocycles. The molecule has 1 unspecified atom stereocenters. The minimum absolute atomic E-state index is 0.109. The maximum absolute atomic E-state index is 5.25. The molecule has 0 aliphatic rings. The van der Waals surface area contributed by atoms with E-state index in [1.807, 2.05) is 24.3 Å². The molecule has 0 bridgehead atoms. The molecule has 104 valence electrons. The Morgan fingerprint density at radius 2 is 1.67 bits per heavy atom. The smallest absolute Gasteiger partial charge is 0.187 e. The second-order valence-corrected chi connectivity index (χ2v) is 6.63. The van der Waals surface area contributed by atoms with Crippen molar-refractivity contribution < 1.29 is 4.74 Å². The second kappa shape index (κ2) is 5.58. The normalized spacial score (nSPS) is 11.4. The van der Waals surface area contributed by atoms with Gasteiger partial charge in [0.05, 0.1) is 7.11 Å². The number of hydrogen-bond acceptors (Lipinski definition) is 1. The van der Waals surface area contributed by atoms with Crippen LogP contribution in [0.3, 0.4) is 0 Å². The molecule has 0 fully saturated rings. The molecule has 21 heavy (non-hydrogen) atoms. The van der Waals surface area contributed by atoms with Crippen molar-refractivity contribution >= 4 is 32.7 Å². The summed E-state index contributed by atoms with van der Waals surface area (Å²) in [5.74, 6) is 0.878. The van der Waals surface area contributed by atoms with Crippen LogP contribution in [0.4, 0.5) is 0 Å². The van der Waals surface area contributed by atoms with Gasteiger partial charge in [0.25, 0.3) is 0 Å². The lowest BCUT2D eigenvalue weighted by atomic mass is 10.1. The maximum atomic E-state index is 5.25. The predicted molar refractivity (Wildman–Crippen MR) is 94.5 cm³/mol. The molecule has 1 atom stereocenters. The number of thiophene rings is 1. The molecule has 0 N–H and O–H groups in total. The van der Waals surface area contributed by atoms with Crippen molar-refractivity contribution in [3.63, 3.8) is 0 Å². The first-order chi connectivity index (χ1) is 10.3. The predicted octanol–water partition coefficient (Wildman–Crippen LogP) is 5.87. The summed E-state index contributed by atoms with van der Waals surface area (Å²) in [4.78, 5) is 2.52. The third-order valence-electron chi connectivity index (χ3n) is 3.57. The third-order valence-corrected chi connectivity index (χ3v) is 5.93. The van der Waals surface area contributed by atoms with Gasteiger partial charge in [-0.3, -0.25) is 0 Å². The SMILES string of the molecule is C=Cc1c(C=C)[s+](-c2ccc(OC)cc2)c2ccccc12. The maximum Gasteiger partial charge on any atom is 0.187 e. The van der Waals surface area contributed by atoms with Gasteiger partial charge in [-0.15, -0.1) is 0 Å². The van der Waals surface area contributed by atoms with Gasteiger partial charge in [0.2, 0.25) is 0 Å². The van der Waals surface area contributed by atoms with Crippen LogP contribution in [-0.4, -0.2) is 7.11 Å². The number of hydrogen-bond donors (Lipinski definition) is 0. The summed E-state index contributed by atoms with van der Waals surface area (Å²) in [5, 5.41) is 1.27. The second-order valence-electron chi connectivity index (χ2n) is 4.66. The molecule has 2 aromatic carbocycles. The lowest BCUT2D eigenvalue weighted by molar-refractivity contribution is 0.415. The summed E-state index contributed by atoms with van der Waals surface area (Å²) in [6.07, 6.45) is 3.90. The van der Waals surface area contributed by atoms with Crippen molar-refractivity contribution in [2.24, 2.45) is 0 Å². The first-order valence-corrected chi connectivity index (χ1v) is 7.99. The van der Waals surface area contributed by atoms with Gasteiger partial charge < -0.3 is 4.74 Å². The Morgan fingerprint density at radius 3 is 2.29 bits per heavy atom. The molecule has 0 spiro atoms. The minimum atomic E-state index is -0.109. The van der Waals surface area contributed by atoms with Crippen LogP contribution in [0.1, 0.15) is 10.4 Å². The highest BCUT2D eigenvalue weighted by Crippen LogP contribution is 2.47. The van der Waals surface area contributed by atoms with E-state index >= 15 is 0 Å². The Morgan fingerprint density at radius 1 is 0.952 bits per heavy atom. The lowest BCUT2D eigenvalue weighted by Gasteiger charge is -1.98. The van der Waals surface area contributed by atoms with E-state index in [1.165, 1.54) is 25.4 Å². The van der Waals surface area contributed by atoms with Crippen LogP contribution in [0.2, 0.25) is 0 Å². The summed E-state index contributed by atoms with van der Waals surface area (Å²) in [6.45, 7) is 7.98. The third kappa shape index (κ3) is 2.18. The Hall–Kier alpha value is -2.32. The fraction of sp³-hybridized carbons (Fsp3) is 0.0526. The number of methoxy groups -OCH3 is 1. The van der Waals surface area contributed by atoms with Crippen molar-refractivity contribution in [2.45, 2.75) is 0 Å². The van der Waals surface area contributed by atoms with Gasteiger partial charge in [-0.25, -0.2) is 0 Å². The van der Waals surface area contributed by atoms with E-state index in [4.69, 9.17) is 4.74 Å². The zero-order valence-electron chi connectivity index (χ0n) is 12.0. The van der Waals surface area contributed by atoms with Gasteiger partial charge in [0.1, 0.15) is 5.75 Å². The molecular weight excluding hydrogens is 276 g/mol. The molecule has 3 rings (SSSR count). The number of benzene rings is 2. The summed E-state index contributed by atoms with van der Waals surface area (Å²) in [6, 6.07) is 16.8. The van der Waals surface area contributed by atoms with Gasteiger partial charge in [0.15, 0.2) is 14.5 Å². The van der Waals surface area contributed by atoms with E-state index in [-0.39, 0.29) is 10.5 Å². The van der Waals surface area contributed by atoms with Gasteiger partial charge in [-0.2, -0.15) is 0 Å². The van der Waals surface area contributed by atoms with Crippen LogP contribution in [0.15, 0.2) is 61.7 Å². The summed E-state index contributed by atoms with van der Waals surface area (Å²) in [7, 11) is 1.58. The summed E-state index contributed by atoms with van der Waals surface area (Å²) < 4.78 is 6.59. The van der Waals surface area contributed by atoms with Crippen LogP contribution < -0.4 is 4.74 Å². The van der Waals surface area contributed by atoms with Crippen LogP contribution in [0.5, 0.6) is 5.75 Å². The Balaban J connectivity index is 2.34. The van der Waals surface area contributed by atoms with E-state index in [2.05, 4.69) is 49.6 Å². The van der Waals surface area contributed by atoms with E-state index < -0.39 is 0 Å². The molecule has 1 heterocycles. The zero-order chi connectivity index (χ0) is 14.8. The highest BCUT2D eigenvalue weighted by molar-refractivity contribution is 7.46. The molecule has 2 heteroatoms. The van der Waals surface area contributed by atoms with Gasteiger partial charge >= 0.3 is 0 Å². The highest BCUT2D eigenvalue weighted by atomic mass is 32.2. The molecule has 0 radical (unpaired) electrons. The highest BCUT2D eigenvalue weighted by Gasteiger charge is 2.25. The van der Waals surface area contributed by atoms with Gasteiger partial charge in [-0.05, 0) is 30.3 Å². The minimum Gasteiger partial charge on any atom is -0.497 e. The van der Waals surface area contributed by atoms with Crippen molar-refractivity contribution in [3.8, 4) is 10.6 Å². The Labute approximate surface area is 127 Å². The molecule has 1 nitrogen and oxygen atoms in total. The van der Waals surface area contributed by atoms with Crippen molar-refractivity contribution in [2.75, 3.05) is 7.11 Å². The molecule has 0 aliphatic heterocycles. The van der Waals surface area contributed by atoms with Crippen LogP contribution in [0, 0.1) is 0 Å². The van der Waals surface area contributed by atoms with Crippen LogP contribution >= 0.6 is 10.5 Å². The van der Waals surface area contributed by atoms with Crippen molar-refractivity contribution in [3.05, 3.63) is 72.1 Å². The number of fused-ring (bicyclic) bond motifs is 1. The molecule has 1 aromatic heterocycles. The van der Waals surface area contributed by atoms with Crippen LogP contribution in [0.25, 0.3) is 27.1 Å². The molecule has 0 amide bonds. The molecule has 0 saturated carbocycles. The number of ether oxygens (including phenoxy) is 1. The van der Waals surface area contributed by atoms with E-state index in [0.29, 0.717) is 0 Å². The largest absolute Gasteiger partial charge is 0.497 e. The first-order valence-electron chi connectivity index (χ1n) is 6.77. The van der Waals surface area contributed by atoms with Crippen molar-refractivity contribution in [1.82, 2.24) is 0 Å². The van der Waals surface area contributed by atoms with E-state index in [0.717, 1.165) is 5.75 Å². The molecular formula is C19H17OS+. The quantitative estimate of drug-likeness (QED) is 0.546. The summed E-state index contributed by atoms with van der Waals surface area (Å²) >= 11 is 0. The van der Waals surface area contributed by atoms with Gasteiger partial charge in [-0.1, -0.05) is 31.4 Å². The Bertz CT molecular complexity index is 809. The molecule has 0 saturated heterocycles. The average Bonchev–Trinajstić information content (AvgIpc) is 2.88. The average molecular weight is 293 g/mol. The number of rotatable bonds is 4. The Kier molecular flexibility index (Phi) is 3.63. The lowest BCUT2D eigenvalue weighted by Crippen LogP contribution is -1.81. The zero-order valence-corrected chi connectivity index (χ0v) is 12.8. The van der Waals surface area contributed by atoms with Crippen LogP contribution in [-0.2, 0) is 0 Å². The fourth-order valence-electron chi connectivity index (χ4n) is 2.60. The standard InChI is InChI=1S/C19H17OS/c1-4-16-17-8-6-7-9-19(17)21(18(16)5-2)15-12-10-14(20-3)11-13-15/h4-13H,1-2H2,3H3/q+1. The van der Waals surface area contributed by atoms with E-state index in [9.17, 15) is 0 Å². The molecule has 3 aromatic rings. The topological polar surface area (TPSA) is 9.23 Å². The summed E-state index contributed by atoms with van der Waals surface area (Å²) in [5.41, 5.74) is 1.19.